The summed E-state index contributed by atoms with van der Waals surface area (Å²) in [6.07, 6.45) is 4.16. The van der Waals surface area contributed by atoms with Gasteiger partial charge in [-0.05, 0) is 42.0 Å². The molecule has 2 heterocycles. The Morgan fingerprint density at radius 1 is 0.810 bits per heavy atom. The van der Waals surface area contributed by atoms with Crippen molar-refractivity contribution in [2.75, 3.05) is 0 Å². The highest BCUT2D eigenvalue weighted by Gasteiger charge is 2.09. The van der Waals surface area contributed by atoms with E-state index in [0.717, 1.165) is 11.3 Å². The van der Waals surface area contributed by atoms with Gasteiger partial charge in [-0.25, -0.2) is 4.98 Å². The molecule has 2 nitrogen and oxygen atoms in total. The SMILES string of the molecule is Cc1cn2ccc3c(-c4ccccc4C)cccc3c2n1. The molecule has 2 aromatic carbocycles. The summed E-state index contributed by atoms with van der Waals surface area (Å²) in [5, 5.41) is 2.45. The average Bonchev–Trinajstić information content (AvgIpc) is 2.88. The zero-order valence-corrected chi connectivity index (χ0v) is 12.2. The molecule has 2 aromatic heterocycles. The zero-order chi connectivity index (χ0) is 14.4. The number of nitrogens with zero attached hydrogens (tertiary/aromatic N) is 2. The van der Waals surface area contributed by atoms with E-state index in [4.69, 9.17) is 0 Å². The summed E-state index contributed by atoms with van der Waals surface area (Å²) in [6, 6.07) is 17.2. The fourth-order valence-corrected chi connectivity index (χ4v) is 3.03. The molecule has 0 radical (unpaired) electrons. The minimum atomic E-state index is 1.03. The summed E-state index contributed by atoms with van der Waals surface area (Å²) in [4.78, 5) is 4.66. The van der Waals surface area contributed by atoms with Crippen molar-refractivity contribution < 1.29 is 0 Å². The summed E-state index contributed by atoms with van der Waals surface area (Å²) in [5.74, 6) is 0. The molecule has 0 aliphatic rings. The second-order valence-electron chi connectivity index (χ2n) is 5.51. The lowest BCUT2D eigenvalue weighted by Crippen LogP contribution is -1.89. The molecule has 0 atom stereocenters. The molecule has 0 aliphatic heterocycles. The third-order valence-electron chi connectivity index (χ3n) is 4.04. The van der Waals surface area contributed by atoms with E-state index in [1.54, 1.807) is 0 Å². The van der Waals surface area contributed by atoms with Crippen molar-refractivity contribution in [3.05, 3.63) is 72.2 Å². The molecule has 0 aliphatic carbocycles. The Bertz CT molecular complexity index is 964. The van der Waals surface area contributed by atoms with Crippen LogP contribution in [0.2, 0.25) is 0 Å². The van der Waals surface area contributed by atoms with E-state index in [-0.39, 0.29) is 0 Å². The van der Waals surface area contributed by atoms with Gasteiger partial charge in [-0.2, -0.15) is 0 Å². The first-order chi connectivity index (χ1) is 10.2. The van der Waals surface area contributed by atoms with Crippen LogP contribution in [0.5, 0.6) is 0 Å². The molecule has 0 amide bonds. The van der Waals surface area contributed by atoms with Crippen molar-refractivity contribution in [2.45, 2.75) is 13.8 Å². The first-order valence-corrected chi connectivity index (χ1v) is 7.17. The van der Waals surface area contributed by atoms with Crippen LogP contribution in [0.1, 0.15) is 11.3 Å². The van der Waals surface area contributed by atoms with Crippen LogP contribution < -0.4 is 0 Å². The van der Waals surface area contributed by atoms with Gasteiger partial charge in [0.05, 0.1) is 5.69 Å². The number of benzene rings is 2. The third-order valence-corrected chi connectivity index (χ3v) is 4.04. The van der Waals surface area contributed by atoms with E-state index in [0.29, 0.717) is 0 Å². The number of imidazole rings is 1. The van der Waals surface area contributed by atoms with Crippen LogP contribution in [0.4, 0.5) is 0 Å². The molecule has 102 valence electrons. The molecule has 0 bridgehead atoms. The van der Waals surface area contributed by atoms with Gasteiger partial charge in [0.1, 0.15) is 5.65 Å². The number of hydrogen-bond donors (Lipinski definition) is 0. The molecule has 0 spiro atoms. The smallest absolute Gasteiger partial charge is 0.144 e. The molecule has 0 saturated carbocycles. The van der Waals surface area contributed by atoms with Crippen molar-refractivity contribution in [2.24, 2.45) is 0 Å². The first kappa shape index (κ1) is 12.2. The molecular weight excluding hydrogens is 256 g/mol. The lowest BCUT2D eigenvalue weighted by atomic mass is 9.96. The summed E-state index contributed by atoms with van der Waals surface area (Å²) in [7, 11) is 0. The Morgan fingerprint density at radius 3 is 2.48 bits per heavy atom. The standard InChI is InChI=1S/C19H16N2/c1-13-6-3-4-7-15(13)16-8-5-9-18-17(16)10-11-21-12-14(2)20-19(18)21/h3-12H,1-2H3. The summed E-state index contributed by atoms with van der Waals surface area (Å²) in [6.45, 7) is 4.19. The molecular formula is C19H16N2. The van der Waals surface area contributed by atoms with Crippen molar-refractivity contribution >= 4 is 16.4 Å². The molecule has 0 N–H and O–H groups in total. The zero-order valence-electron chi connectivity index (χ0n) is 12.2. The quantitative estimate of drug-likeness (QED) is 0.488. The maximum absolute atomic E-state index is 4.66. The van der Waals surface area contributed by atoms with E-state index < -0.39 is 0 Å². The van der Waals surface area contributed by atoms with Crippen LogP contribution in [-0.4, -0.2) is 9.38 Å². The highest BCUT2D eigenvalue weighted by molar-refractivity contribution is 6.03. The Balaban J connectivity index is 2.12. The van der Waals surface area contributed by atoms with Crippen molar-refractivity contribution in [1.82, 2.24) is 9.38 Å². The molecule has 4 aromatic rings. The van der Waals surface area contributed by atoms with Gasteiger partial charge in [0.25, 0.3) is 0 Å². The van der Waals surface area contributed by atoms with Crippen molar-refractivity contribution in [3.8, 4) is 11.1 Å². The number of fused-ring (bicyclic) bond motifs is 3. The van der Waals surface area contributed by atoms with Crippen LogP contribution in [0.15, 0.2) is 60.9 Å². The molecule has 2 heteroatoms. The number of rotatable bonds is 1. The predicted molar refractivity (Wildman–Crippen MR) is 87.6 cm³/mol. The minimum absolute atomic E-state index is 1.03. The Hall–Kier alpha value is -2.61. The van der Waals surface area contributed by atoms with Gasteiger partial charge in [-0.15, -0.1) is 0 Å². The molecule has 21 heavy (non-hydrogen) atoms. The van der Waals surface area contributed by atoms with Crippen LogP contribution in [0, 0.1) is 13.8 Å². The lowest BCUT2D eigenvalue weighted by Gasteiger charge is -2.10. The lowest BCUT2D eigenvalue weighted by molar-refractivity contribution is 1.20. The monoisotopic (exact) mass is 272 g/mol. The fourth-order valence-electron chi connectivity index (χ4n) is 3.03. The predicted octanol–water partition coefficient (Wildman–Crippen LogP) is 4.77. The van der Waals surface area contributed by atoms with Gasteiger partial charge in [-0.3, -0.25) is 0 Å². The molecule has 4 rings (SSSR count). The first-order valence-electron chi connectivity index (χ1n) is 7.17. The van der Waals surface area contributed by atoms with Crippen LogP contribution in [0.3, 0.4) is 0 Å². The van der Waals surface area contributed by atoms with Gasteiger partial charge in [0.15, 0.2) is 0 Å². The van der Waals surface area contributed by atoms with Crippen molar-refractivity contribution in [3.63, 3.8) is 0 Å². The van der Waals surface area contributed by atoms with Crippen LogP contribution in [0.25, 0.3) is 27.5 Å². The average molecular weight is 272 g/mol. The topological polar surface area (TPSA) is 17.3 Å². The van der Waals surface area contributed by atoms with Crippen LogP contribution in [-0.2, 0) is 0 Å². The largest absolute Gasteiger partial charge is 0.306 e. The molecule has 0 saturated heterocycles. The van der Waals surface area contributed by atoms with Crippen molar-refractivity contribution in [1.29, 1.82) is 0 Å². The second kappa shape index (κ2) is 4.45. The van der Waals surface area contributed by atoms with E-state index in [1.165, 1.54) is 27.5 Å². The Kier molecular flexibility index (Phi) is 2.58. The minimum Gasteiger partial charge on any atom is -0.306 e. The molecule has 0 fully saturated rings. The van der Waals surface area contributed by atoms with E-state index >= 15 is 0 Å². The number of hydrogen-bond acceptors (Lipinski definition) is 1. The third kappa shape index (κ3) is 1.83. The van der Waals surface area contributed by atoms with Gasteiger partial charge in [0, 0.05) is 17.8 Å². The van der Waals surface area contributed by atoms with Gasteiger partial charge < -0.3 is 4.40 Å². The van der Waals surface area contributed by atoms with E-state index in [2.05, 4.69) is 77.2 Å². The van der Waals surface area contributed by atoms with Crippen LogP contribution >= 0.6 is 0 Å². The number of pyridine rings is 1. The number of aromatic nitrogens is 2. The number of aryl methyl sites for hydroxylation is 2. The van der Waals surface area contributed by atoms with Gasteiger partial charge in [-0.1, -0.05) is 42.5 Å². The Labute approximate surface area is 123 Å². The summed E-state index contributed by atoms with van der Waals surface area (Å²) in [5.41, 5.74) is 5.93. The van der Waals surface area contributed by atoms with E-state index in [9.17, 15) is 0 Å². The molecule has 0 unspecified atom stereocenters. The van der Waals surface area contributed by atoms with Gasteiger partial charge >= 0.3 is 0 Å². The Morgan fingerprint density at radius 2 is 1.62 bits per heavy atom. The summed E-state index contributed by atoms with van der Waals surface area (Å²) < 4.78 is 2.10. The van der Waals surface area contributed by atoms with E-state index in [1.807, 2.05) is 6.92 Å². The van der Waals surface area contributed by atoms with Gasteiger partial charge in [0.2, 0.25) is 0 Å². The maximum Gasteiger partial charge on any atom is 0.144 e. The normalized spacial score (nSPS) is 11.3. The fraction of sp³-hybridized carbons (Fsp3) is 0.105. The highest BCUT2D eigenvalue weighted by atomic mass is 15.0. The maximum atomic E-state index is 4.66. The highest BCUT2D eigenvalue weighted by Crippen LogP contribution is 2.32. The summed E-state index contributed by atoms with van der Waals surface area (Å²) >= 11 is 0. The second-order valence-corrected chi connectivity index (χ2v) is 5.51.